The van der Waals surface area contributed by atoms with Crippen LogP contribution < -0.4 is 10.6 Å². The number of para-hydroxylation sites is 1. The van der Waals surface area contributed by atoms with E-state index in [-0.39, 0.29) is 12.1 Å². The Labute approximate surface area is 263 Å². The number of nitrogens with zero attached hydrogens (tertiary/aromatic N) is 4. The van der Waals surface area contributed by atoms with Gasteiger partial charge in [0.25, 0.3) is 0 Å². The SMILES string of the molecule is C#C.CC=O.COCCN1C[C@@H](NC(=O)Nc2c(C)c(C3=CCN(C)CC3)nn2-c2ccccc2)CO1.Fc1ccccc1F. The van der Waals surface area contributed by atoms with Crippen LogP contribution in [0.4, 0.5) is 19.4 Å². The Morgan fingerprint density at radius 1 is 1.13 bits per heavy atom. The predicted octanol–water partition coefficient (Wildman–Crippen LogP) is 4.70. The van der Waals surface area contributed by atoms with Gasteiger partial charge in [-0.2, -0.15) is 10.2 Å². The molecule has 2 aliphatic rings. The topological polar surface area (TPSA) is 101 Å². The van der Waals surface area contributed by atoms with Gasteiger partial charge in [-0.25, -0.2) is 18.3 Å². The highest BCUT2D eigenvalue weighted by atomic mass is 19.2. The Kier molecular flexibility index (Phi) is 16.2. The molecule has 2 aliphatic heterocycles. The van der Waals surface area contributed by atoms with Gasteiger partial charge in [0, 0.05) is 38.9 Å². The molecule has 45 heavy (non-hydrogen) atoms. The number of terminal acetylenes is 1. The van der Waals surface area contributed by atoms with Crippen LogP contribution in [0.25, 0.3) is 11.3 Å². The van der Waals surface area contributed by atoms with E-state index in [1.807, 2.05) is 47.0 Å². The van der Waals surface area contributed by atoms with E-state index in [0.717, 1.165) is 54.9 Å². The maximum Gasteiger partial charge on any atom is 0.320 e. The third kappa shape index (κ3) is 11.6. The molecule has 1 saturated heterocycles. The number of benzene rings is 2. The van der Waals surface area contributed by atoms with Gasteiger partial charge < -0.3 is 19.7 Å². The number of ether oxygens (including phenoxy) is 1. The van der Waals surface area contributed by atoms with Gasteiger partial charge in [-0.1, -0.05) is 36.4 Å². The van der Waals surface area contributed by atoms with Crippen LogP contribution in [-0.2, 0) is 14.4 Å². The van der Waals surface area contributed by atoms with Gasteiger partial charge in [0.15, 0.2) is 11.6 Å². The Bertz CT molecular complexity index is 1380. The summed E-state index contributed by atoms with van der Waals surface area (Å²) in [4.78, 5) is 29.6. The zero-order chi connectivity index (χ0) is 33.2. The lowest BCUT2D eigenvalue weighted by atomic mass is 10.0. The van der Waals surface area contributed by atoms with E-state index in [1.54, 1.807) is 7.11 Å². The summed E-state index contributed by atoms with van der Waals surface area (Å²) in [6.07, 6.45) is 11.9. The first kappa shape index (κ1) is 36.8. The summed E-state index contributed by atoms with van der Waals surface area (Å²) in [5, 5.41) is 12.8. The number of hydroxylamine groups is 2. The maximum atomic E-state index is 12.9. The quantitative estimate of drug-likeness (QED) is 0.290. The second-order valence-electron chi connectivity index (χ2n) is 9.93. The molecule has 3 heterocycles. The van der Waals surface area contributed by atoms with Crippen LogP contribution >= 0.6 is 0 Å². The number of rotatable bonds is 7. The van der Waals surface area contributed by atoms with Crippen LogP contribution in [0, 0.1) is 31.4 Å². The first-order chi connectivity index (χ1) is 21.8. The molecule has 3 aromatic rings. The summed E-state index contributed by atoms with van der Waals surface area (Å²) in [5.74, 6) is -0.918. The molecule has 1 aromatic heterocycles. The molecular formula is C33H42F2N6O4. The van der Waals surface area contributed by atoms with Crippen molar-refractivity contribution in [3.8, 4) is 18.5 Å². The molecule has 10 nitrogen and oxygen atoms in total. The summed E-state index contributed by atoms with van der Waals surface area (Å²) < 4.78 is 30.8. The van der Waals surface area contributed by atoms with Crippen molar-refractivity contribution in [2.45, 2.75) is 26.3 Å². The largest absolute Gasteiger partial charge is 0.383 e. The van der Waals surface area contributed by atoms with Crippen molar-refractivity contribution in [2.75, 3.05) is 58.9 Å². The van der Waals surface area contributed by atoms with Crippen molar-refractivity contribution in [2.24, 2.45) is 0 Å². The molecule has 5 rings (SSSR count). The molecule has 1 atom stereocenters. The highest BCUT2D eigenvalue weighted by molar-refractivity contribution is 5.90. The molecule has 0 spiro atoms. The number of carbonyl (C=O) groups excluding carboxylic acids is 2. The Balaban J connectivity index is 0.000000457. The first-order valence-electron chi connectivity index (χ1n) is 14.4. The molecular weight excluding hydrogens is 582 g/mol. The Morgan fingerprint density at radius 2 is 1.76 bits per heavy atom. The molecule has 12 heteroatoms. The zero-order valence-electron chi connectivity index (χ0n) is 26.2. The van der Waals surface area contributed by atoms with E-state index in [9.17, 15) is 13.6 Å². The summed E-state index contributed by atoms with van der Waals surface area (Å²) in [5.41, 5.74) is 4.02. The highest BCUT2D eigenvalue weighted by Crippen LogP contribution is 2.30. The molecule has 0 radical (unpaired) electrons. The Hall–Kier alpha value is -4.41. The van der Waals surface area contributed by atoms with Crippen molar-refractivity contribution >= 4 is 23.7 Å². The monoisotopic (exact) mass is 624 g/mol. The minimum atomic E-state index is -0.799. The number of aldehydes is 1. The van der Waals surface area contributed by atoms with Crippen LogP contribution in [0.3, 0.4) is 0 Å². The number of urea groups is 1. The third-order valence-corrected chi connectivity index (χ3v) is 6.66. The van der Waals surface area contributed by atoms with E-state index < -0.39 is 11.6 Å². The van der Waals surface area contributed by atoms with Crippen LogP contribution in [0.1, 0.15) is 24.6 Å². The second-order valence-corrected chi connectivity index (χ2v) is 9.93. The predicted molar refractivity (Wildman–Crippen MR) is 172 cm³/mol. The van der Waals surface area contributed by atoms with E-state index in [4.69, 9.17) is 19.5 Å². The Morgan fingerprint density at radius 3 is 2.31 bits per heavy atom. The number of nitrogens with one attached hydrogen (secondary N) is 2. The van der Waals surface area contributed by atoms with Gasteiger partial charge in [-0.3, -0.25) is 10.2 Å². The molecule has 0 unspecified atom stereocenters. The van der Waals surface area contributed by atoms with Crippen LogP contribution in [0.5, 0.6) is 0 Å². The second kappa shape index (κ2) is 19.8. The van der Waals surface area contributed by atoms with E-state index >= 15 is 0 Å². The van der Waals surface area contributed by atoms with E-state index in [2.05, 4.69) is 41.5 Å². The number of anilines is 1. The molecule has 0 aliphatic carbocycles. The molecule has 0 bridgehead atoms. The molecule has 2 aromatic carbocycles. The van der Waals surface area contributed by atoms with Gasteiger partial charge in [-0.05, 0) is 57.2 Å². The van der Waals surface area contributed by atoms with Crippen molar-refractivity contribution in [3.05, 3.63) is 83.6 Å². The van der Waals surface area contributed by atoms with Gasteiger partial charge in [0.2, 0.25) is 0 Å². The van der Waals surface area contributed by atoms with Crippen molar-refractivity contribution in [1.29, 1.82) is 0 Å². The summed E-state index contributed by atoms with van der Waals surface area (Å²) in [6.45, 7) is 7.68. The highest BCUT2D eigenvalue weighted by Gasteiger charge is 2.26. The van der Waals surface area contributed by atoms with Crippen molar-refractivity contribution in [1.82, 2.24) is 25.1 Å². The maximum absolute atomic E-state index is 12.9. The van der Waals surface area contributed by atoms with Gasteiger partial charge in [0.1, 0.15) is 12.1 Å². The molecule has 2 amide bonds. The first-order valence-corrected chi connectivity index (χ1v) is 14.4. The van der Waals surface area contributed by atoms with Gasteiger partial charge >= 0.3 is 6.03 Å². The average Bonchev–Trinajstić information content (AvgIpc) is 3.63. The lowest BCUT2D eigenvalue weighted by molar-refractivity contribution is -0.118. The number of methoxy groups -OCH3 is 1. The lowest BCUT2D eigenvalue weighted by Gasteiger charge is -2.21. The fourth-order valence-electron chi connectivity index (χ4n) is 4.44. The fourth-order valence-corrected chi connectivity index (χ4v) is 4.44. The number of hydrogen-bond donors (Lipinski definition) is 2. The zero-order valence-corrected chi connectivity index (χ0v) is 26.2. The van der Waals surface area contributed by atoms with Crippen molar-refractivity contribution < 1.29 is 27.9 Å². The number of carbonyl (C=O) groups is 2. The standard InChI is InChI=1S/C23H32N6O3.C6H4F2.C2H4O.C2H2/c1-17-21(18-9-11-27(2)12-10-18)26-29(20-7-5-4-6-8-20)22(17)25-23(30)24-19-15-28(32-16-19)13-14-31-3;7-5-3-1-2-4-6(5)8;1-2-3;1-2/h4-9,19H,10-16H2,1-3H3,(H2,24,25,30);1-4H;2H,1H3;1-2H/t19-;;;/m1.../s1. The normalized spacial score (nSPS) is 16.0. The number of likely N-dealkylation sites (N-methyl/N-ethyl adjacent to an activating group) is 1. The van der Waals surface area contributed by atoms with Gasteiger partial charge in [0.05, 0.1) is 30.6 Å². The van der Waals surface area contributed by atoms with Crippen LogP contribution in [0.2, 0.25) is 0 Å². The number of aromatic nitrogens is 2. The summed E-state index contributed by atoms with van der Waals surface area (Å²) in [7, 11) is 3.77. The third-order valence-electron chi connectivity index (χ3n) is 6.66. The fraction of sp³-hybridized carbons (Fsp3) is 0.364. The molecule has 242 valence electrons. The summed E-state index contributed by atoms with van der Waals surface area (Å²) >= 11 is 0. The van der Waals surface area contributed by atoms with Gasteiger partial charge in [-0.15, -0.1) is 12.8 Å². The molecule has 2 N–H and O–H groups in total. The van der Waals surface area contributed by atoms with E-state index in [1.165, 1.54) is 24.6 Å². The number of amides is 2. The summed E-state index contributed by atoms with van der Waals surface area (Å²) in [6, 6.07) is 14.6. The average molecular weight is 625 g/mol. The molecule has 0 saturated carbocycles. The number of hydrogen-bond acceptors (Lipinski definition) is 7. The van der Waals surface area contributed by atoms with E-state index in [0.29, 0.717) is 32.1 Å². The lowest BCUT2D eigenvalue weighted by Crippen LogP contribution is -2.41. The number of halogens is 2. The molecule has 1 fully saturated rings. The minimum absolute atomic E-state index is 0.0867. The minimum Gasteiger partial charge on any atom is -0.383 e. The van der Waals surface area contributed by atoms with Crippen molar-refractivity contribution in [3.63, 3.8) is 0 Å². The smallest absolute Gasteiger partial charge is 0.320 e. The van der Waals surface area contributed by atoms with Crippen LogP contribution in [0.15, 0.2) is 60.7 Å². The van der Waals surface area contributed by atoms with Crippen LogP contribution in [-0.4, -0.2) is 91.7 Å².